The summed E-state index contributed by atoms with van der Waals surface area (Å²) >= 11 is 3.11. The number of hydrogen-bond acceptors (Lipinski definition) is 6. The molecule has 0 atom stereocenters. The van der Waals surface area contributed by atoms with E-state index in [-0.39, 0.29) is 12.3 Å². The monoisotopic (exact) mass is 308 g/mol. The average Bonchev–Trinajstić information content (AvgIpc) is 2.98. The van der Waals surface area contributed by atoms with Crippen molar-refractivity contribution in [2.75, 3.05) is 11.9 Å². The molecule has 1 aliphatic carbocycles. The van der Waals surface area contributed by atoms with Gasteiger partial charge in [0.15, 0.2) is 5.13 Å². The van der Waals surface area contributed by atoms with E-state index in [2.05, 4.69) is 15.3 Å². The number of amides is 1. The van der Waals surface area contributed by atoms with Gasteiger partial charge in [-0.1, -0.05) is 0 Å². The van der Waals surface area contributed by atoms with Gasteiger partial charge >= 0.3 is 0 Å². The molecular weight excluding hydrogens is 292 g/mol. The van der Waals surface area contributed by atoms with E-state index in [4.69, 9.17) is 5.73 Å². The summed E-state index contributed by atoms with van der Waals surface area (Å²) in [6, 6.07) is 0. The molecule has 1 aliphatic rings. The number of carbonyl (C=O) groups is 1. The third kappa shape index (κ3) is 3.16. The zero-order valence-corrected chi connectivity index (χ0v) is 12.8. The van der Waals surface area contributed by atoms with Crippen molar-refractivity contribution in [3.63, 3.8) is 0 Å². The maximum absolute atomic E-state index is 11.0. The van der Waals surface area contributed by atoms with Gasteiger partial charge in [-0.2, -0.15) is 0 Å². The predicted molar refractivity (Wildman–Crippen MR) is 82.1 cm³/mol. The number of nitrogens with one attached hydrogen (secondary N) is 1. The Morgan fingerprint density at radius 3 is 3.00 bits per heavy atom. The minimum Gasteiger partial charge on any atom is -0.369 e. The summed E-state index contributed by atoms with van der Waals surface area (Å²) in [7, 11) is 0. The Balaban J connectivity index is 1.74. The minimum absolute atomic E-state index is 0.197. The van der Waals surface area contributed by atoms with Gasteiger partial charge in [0, 0.05) is 11.9 Å². The number of nitrogens with zero attached hydrogens (tertiary/aromatic N) is 2. The summed E-state index contributed by atoms with van der Waals surface area (Å²) in [6.07, 6.45) is 2.85. The third-order valence-electron chi connectivity index (χ3n) is 3.14. The van der Waals surface area contributed by atoms with Crippen LogP contribution in [0.3, 0.4) is 0 Å². The number of anilines is 1. The molecule has 3 N–H and O–H groups in total. The van der Waals surface area contributed by atoms with Crippen molar-refractivity contribution in [1.29, 1.82) is 0 Å². The van der Waals surface area contributed by atoms with E-state index in [1.165, 1.54) is 24.2 Å². The van der Waals surface area contributed by atoms with Crippen LogP contribution in [0.2, 0.25) is 0 Å². The number of thiazole rings is 2. The number of aromatic nitrogens is 2. The zero-order valence-electron chi connectivity index (χ0n) is 11.2. The van der Waals surface area contributed by atoms with Crippen LogP contribution >= 0.6 is 22.7 Å². The summed E-state index contributed by atoms with van der Waals surface area (Å²) in [5, 5.41) is 7.11. The number of nitrogens with two attached hydrogens (primary N) is 1. The molecule has 20 heavy (non-hydrogen) atoms. The average molecular weight is 308 g/mol. The quantitative estimate of drug-likeness (QED) is 0.859. The smallest absolute Gasteiger partial charge is 0.224 e. The molecule has 2 aromatic rings. The highest BCUT2D eigenvalue weighted by Gasteiger charge is 2.21. The summed E-state index contributed by atoms with van der Waals surface area (Å²) < 4.78 is 0. The van der Waals surface area contributed by atoms with Crippen molar-refractivity contribution >= 4 is 33.7 Å². The zero-order chi connectivity index (χ0) is 14.1. The molecule has 0 bridgehead atoms. The van der Waals surface area contributed by atoms with E-state index in [0.29, 0.717) is 0 Å². The van der Waals surface area contributed by atoms with E-state index in [1.807, 2.05) is 12.3 Å². The Kier molecular flexibility index (Phi) is 3.71. The van der Waals surface area contributed by atoms with Crippen LogP contribution in [-0.2, 0) is 11.2 Å². The van der Waals surface area contributed by atoms with Crippen LogP contribution in [0.15, 0.2) is 5.38 Å². The first kappa shape index (κ1) is 13.5. The number of aryl methyl sites for hydroxylation is 1. The van der Waals surface area contributed by atoms with Gasteiger partial charge in [-0.15, -0.1) is 22.7 Å². The molecule has 0 unspecified atom stereocenters. The molecule has 2 heterocycles. The molecule has 0 radical (unpaired) electrons. The van der Waals surface area contributed by atoms with Crippen LogP contribution in [0.4, 0.5) is 5.13 Å². The molecule has 0 spiro atoms. The molecule has 1 fully saturated rings. The standard InChI is InChI=1S/C13H16N4OS2/c1-7-12(20-11(16-7)4-10(14)18)9-6-19-13(17-9)15-5-8-2-3-8/h6,8H,2-5H2,1H3,(H2,14,18)(H,15,17). The molecule has 3 rings (SSSR count). The second kappa shape index (κ2) is 5.49. The lowest BCUT2D eigenvalue weighted by atomic mass is 10.3. The normalized spacial score (nSPS) is 14.4. The molecule has 0 aliphatic heterocycles. The lowest BCUT2D eigenvalue weighted by molar-refractivity contribution is -0.117. The molecule has 106 valence electrons. The van der Waals surface area contributed by atoms with Gasteiger partial charge in [0.05, 0.1) is 22.7 Å². The summed E-state index contributed by atoms with van der Waals surface area (Å²) in [4.78, 5) is 21.0. The molecular formula is C13H16N4OS2. The predicted octanol–water partition coefficient (Wildman–Crippen LogP) is 2.42. The van der Waals surface area contributed by atoms with Gasteiger partial charge < -0.3 is 11.1 Å². The molecule has 7 heteroatoms. The molecule has 0 aromatic carbocycles. The SMILES string of the molecule is Cc1nc(CC(N)=O)sc1-c1csc(NCC2CC2)n1. The first-order valence-corrected chi connectivity index (χ1v) is 8.26. The Labute approximate surface area is 125 Å². The number of hydrogen-bond donors (Lipinski definition) is 2. The number of carbonyl (C=O) groups excluding carboxylic acids is 1. The Morgan fingerprint density at radius 1 is 1.50 bits per heavy atom. The van der Waals surface area contributed by atoms with Gasteiger partial charge in [0.2, 0.25) is 5.91 Å². The van der Waals surface area contributed by atoms with E-state index in [9.17, 15) is 4.79 Å². The first-order chi connectivity index (χ1) is 9.61. The van der Waals surface area contributed by atoms with Crippen LogP contribution in [-0.4, -0.2) is 22.4 Å². The van der Waals surface area contributed by atoms with Crippen LogP contribution in [0.5, 0.6) is 0 Å². The maximum Gasteiger partial charge on any atom is 0.224 e. The van der Waals surface area contributed by atoms with E-state index in [0.717, 1.165) is 38.9 Å². The fourth-order valence-electron chi connectivity index (χ4n) is 1.93. The summed E-state index contributed by atoms with van der Waals surface area (Å²) in [5.74, 6) is 0.477. The van der Waals surface area contributed by atoms with E-state index < -0.39 is 0 Å². The Hall–Kier alpha value is -1.47. The minimum atomic E-state index is -0.352. The van der Waals surface area contributed by atoms with Crippen LogP contribution in [0.25, 0.3) is 10.6 Å². The second-order valence-electron chi connectivity index (χ2n) is 5.03. The van der Waals surface area contributed by atoms with Gasteiger partial charge in [0.1, 0.15) is 5.01 Å². The highest BCUT2D eigenvalue weighted by atomic mass is 32.1. The summed E-state index contributed by atoms with van der Waals surface area (Å²) in [5.41, 5.74) is 7.04. The molecule has 1 saturated carbocycles. The van der Waals surface area contributed by atoms with Crippen molar-refractivity contribution in [2.24, 2.45) is 11.7 Å². The van der Waals surface area contributed by atoms with Gasteiger partial charge in [-0.25, -0.2) is 9.97 Å². The lowest BCUT2D eigenvalue weighted by Gasteiger charge is -1.98. The largest absolute Gasteiger partial charge is 0.369 e. The maximum atomic E-state index is 11.0. The van der Waals surface area contributed by atoms with Crippen molar-refractivity contribution in [3.05, 3.63) is 16.1 Å². The lowest BCUT2D eigenvalue weighted by Crippen LogP contribution is -2.13. The molecule has 1 amide bonds. The van der Waals surface area contributed by atoms with Crippen LogP contribution < -0.4 is 11.1 Å². The van der Waals surface area contributed by atoms with Gasteiger partial charge in [-0.05, 0) is 25.7 Å². The van der Waals surface area contributed by atoms with Gasteiger partial charge in [-0.3, -0.25) is 4.79 Å². The van der Waals surface area contributed by atoms with Crippen molar-refractivity contribution < 1.29 is 4.79 Å². The first-order valence-electron chi connectivity index (χ1n) is 6.56. The number of primary amides is 1. The third-order valence-corrected chi connectivity index (χ3v) is 5.12. The van der Waals surface area contributed by atoms with Crippen molar-refractivity contribution in [1.82, 2.24) is 9.97 Å². The van der Waals surface area contributed by atoms with E-state index >= 15 is 0 Å². The van der Waals surface area contributed by atoms with Crippen LogP contribution in [0.1, 0.15) is 23.5 Å². The van der Waals surface area contributed by atoms with Crippen LogP contribution in [0, 0.1) is 12.8 Å². The Morgan fingerprint density at radius 2 is 2.30 bits per heavy atom. The molecule has 5 nitrogen and oxygen atoms in total. The topological polar surface area (TPSA) is 80.9 Å². The van der Waals surface area contributed by atoms with E-state index in [1.54, 1.807) is 11.3 Å². The van der Waals surface area contributed by atoms with Crippen molar-refractivity contribution in [2.45, 2.75) is 26.2 Å². The number of rotatable bonds is 6. The van der Waals surface area contributed by atoms with Gasteiger partial charge in [0.25, 0.3) is 0 Å². The van der Waals surface area contributed by atoms with Crippen molar-refractivity contribution in [3.8, 4) is 10.6 Å². The fourth-order valence-corrected chi connectivity index (χ4v) is 3.75. The molecule has 0 saturated heterocycles. The second-order valence-corrected chi connectivity index (χ2v) is 6.97. The fraction of sp³-hybridized carbons (Fsp3) is 0.462. The molecule has 2 aromatic heterocycles. The highest BCUT2D eigenvalue weighted by Crippen LogP contribution is 2.33. The summed E-state index contributed by atoms with van der Waals surface area (Å²) in [6.45, 7) is 2.95. The Bertz CT molecular complexity index is 630. The highest BCUT2D eigenvalue weighted by molar-refractivity contribution is 7.17.